The number of nitrogens with zero attached hydrogens (tertiary/aromatic N) is 2. The Hall–Kier alpha value is -5.19. The van der Waals surface area contributed by atoms with E-state index < -0.39 is 53.6 Å². The molecule has 0 radical (unpaired) electrons. The van der Waals surface area contributed by atoms with Gasteiger partial charge in [-0.05, 0) is 61.4 Å². The molecule has 280 valence electrons. The number of aromatic nitrogens is 2. The maximum absolute atomic E-state index is 13.8. The van der Waals surface area contributed by atoms with Crippen LogP contribution in [0.3, 0.4) is 0 Å². The van der Waals surface area contributed by atoms with Crippen molar-refractivity contribution in [3.8, 4) is 22.3 Å². The third-order valence-corrected chi connectivity index (χ3v) is 9.73. The maximum atomic E-state index is 13.8. The number of carbonyl (C=O) groups is 2. The van der Waals surface area contributed by atoms with Crippen LogP contribution in [-0.2, 0) is 6.18 Å². The van der Waals surface area contributed by atoms with Crippen LogP contribution in [0.1, 0.15) is 59.2 Å². The number of thiazole rings is 2. The molecule has 0 atom stereocenters. The SMILES string of the molecule is Cc1nc(C(F)F)c(C(=O)Nc2ccccc2-c2ccc(C(F)(F)F)cc2)s1.Cc1nc(C(F)F)c(C(=O)Nc2ccccc2-c2ccc(Cl)c(F)c2)s1. The van der Waals surface area contributed by atoms with Crippen LogP contribution >= 0.6 is 34.3 Å². The van der Waals surface area contributed by atoms with Crippen molar-refractivity contribution < 1.29 is 44.7 Å². The molecule has 0 bridgehead atoms. The Labute approximate surface area is 315 Å². The van der Waals surface area contributed by atoms with Gasteiger partial charge in [0.2, 0.25) is 0 Å². The fourth-order valence-electron chi connectivity index (χ4n) is 5.06. The van der Waals surface area contributed by atoms with Gasteiger partial charge in [0.05, 0.1) is 20.6 Å². The molecule has 4 aromatic carbocycles. The van der Waals surface area contributed by atoms with E-state index in [0.717, 1.165) is 34.8 Å². The van der Waals surface area contributed by atoms with Crippen LogP contribution < -0.4 is 10.6 Å². The fourth-order valence-corrected chi connectivity index (χ4v) is 6.82. The van der Waals surface area contributed by atoms with Crippen molar-refractivity contribution in [3.63, 3.8) is 0 Å². The van der Waals surface area contributed by atoms with Crippen molar-refractivity contribution in [1.29, 1.82) is 0 Å². The van der Waals surface area contributed by atoms with Crippen molar-refractivity contribution in [3.05, 3.63) is 139 Å². The molecular weight excluding hydrogens is 784 g/mol. The second-order valence-corrected chi connectivity index (χ2v) is 14.0. The predicted octanol–water partition coefficient (Wildman–Crippen LogP) is 12.4. The number of rotatable bonds is 8. The Bertz CT molecular complexity index is 2290. The first-order valence-electron chi connectivity index (χ1n) is 15.5. The number of nitrogens with one attached hydrogen (secondary N) is 2. The van der Waals surface area contributed by atoms with Gasteiger partial charge in [-0.1, -0.05) is 66.2 Å². The van der Waals surface area contributed by atoms with Gasteiger partial charge >= 0.3 is 6.18 Å². The number of aryl methyl sites for hydroxylation is 2. The Kier molecular flexibility index (Phi) is 12.5. The monoisotopic (exact) mass is 808 g/mol. The third-order valence-electron chi connectivity index (χ3n) is 7.45. The standard InChI is InChI=1S/C19H13F5N2OS.C18H12ClF3N2OS/c1-10-25-15(17(20)21)16(28-10)18(27)26-14-5-3-2-4-13(14)11-6-8-12(9-7-11)19(22,23)24;1-9-23-15(17(21)22)16(26-9)18(25)24-14-5-3-2-4-11(14)10-6-7-12(19)13(20)8-10/h2-9,17H,1H3,(H,26,27);2-8,17H,1H3,(H,24,25). The number of alkyl halides is 7. The van der Waals surface area contributed by atoms with Crippen LogP contribution in [0.2, 0.25) is 5.02 Å². The molecule has 6 aromatic rings. The molecule has 17 heteroatoms. The van der Waals surface area contributed by atoms with Crippen molar-refractivity contribution in [2.24, 2.45) is 0 Å². The van der Waals surface area contributed by atoms with E-state index in [1.54, 1.807) is 61.5 Å². The molecule has 0 saturated heterocycles. The van der Waals surface area contributed by atoms with Gasteiger partial charge in [0, 0.05) is 22.5 Å². The minimum Gasteiger partial charge on any atom is -0.321 e. The molecule has 0 aliphatic carbocycles. The summed E-state index contributed by atoms with van der Waals surface area (Å²) in [4.78, 5) is 32.0. The van der Waals surface area contributed by atoms with E-state index in [1.807, 2.05) is 0 Å². The number of carbonyl (C=O) groups excluding carboxylic acids is 2. The lowest BCUT2D eigenvalue weighted by Crippen LogP contribution is -2.13. The number of halogens is 9. The number of benzene rings is 4. The quantitative estimate of drug-likeness (QED) is 0.150. The van der Waals surface area contributed by atoms with Crippen LogP contribution in [0.25, 0.3) is 22.3 Å². The largest absolute Gasteiger partial charge is 0.416 e. The zero-order valence-electron chi connectivity index (χ0n) is 27.7. The van der Waals surface area contributed by atoms with Crippen molar-refractivity contribution >= 4 is 57.5 Å². The lowest BCUT2D eigenvalue weighted by atomic mass is 10.0. The summed E-state index contributed by atoms with van der Waals surface area (Å²) in [5, 5.41) is 5.85. The lowest BCUT2D eigenvalue weighted by Gasteiger charge is -2.12. The summed E-state index contributed by atoms with van der Waals surface area (Å²) in [5.41, 5.74) is 0.673. The first kappa shape index (κ1) is 40.0. The maximum Gasteiger partial charge on any atom is 0.416 e. The van der Waals surface area contributed by atoms with Gasteiger partial charge in [0.1, 0.15) is 27.0 Å². The molecule has 0 saturated carbocycles. The predicted molar refractivity (Wildman–Crippen MR) is 193 cm³/mol. The first-order chi connectivity index (χ1) is 25.5. The van der Waals surface area contributed by atoms with Crippen LogP contribution in [0.4, 0.5) is 46.5 Å². The number of amides is 2. The molecule has 0 spiro atoms. The zero-order valence-corrected chi connectivity index (χ0v) is 30.1. The van der Waals surface area contributed by atoms with Crippen molar-refractivity contribution in [2.45, 2.75) is 32.9 Å². The highest BCUT2D eigenvalue weighted by atomic mass is 35.5. The molecule has 0 aliphatic heterocycles. The van der Waals surface area contributed by atoms with Crippen molar-refractivity contribution in [2.75, 3.05) is 10.6 Å². The normalized spacial score (nSPS) is 11.4. The molecule has 2 N–H and O–H groups in total. The summed E-state index contributed by atoms with van der Waals surface area (Å²) in [6.07, 6.45) is -10.2. The summed E-state index contributed by atoms with van der Waals surface area (Å²) in [7, 11) is 0. The van der Waals surface area contributed by atoms with Crippen LogP contribution in [-0.4, -0.2) is 21.8 Å². The number of para-hydroxylation sites is 2. The van der Waals surface area contributed by atoms with Crippen LogP contribution in [0.15, 0.2) is 91.0 Å². The first-order valence-corrected chi connectivity index (χ1v) is 17.5. The average Bonchev–Trinajstić information content (AvgIpc) is 3.73. The third kappa shape index (κ3) is 9.48. The topological polar surface area (TPSA) is 84.0 Å². The summed E-state index contributed by atoms with van der Waals surface area (Å²) < 4.78 is 104. The van der Waals surface area contributed by atoms with E-state index in [2.05, 4.69) is 20.6 Å². The van der Waals surface area contributed by atoms with Gasteiger partial charge in [-0.15, -0.1) is 22.7 Å². The Balaban J connectivity index is 0.000000208. The smallest absolute Gasteiger partial charge is 0.321 e. The van der Waals surface area contributed by atoms with E-state index in [9.17, 15) is 44.7 Å². The summed E-state index contributed by atoms with van der Waals surface area (Å²) in [6, 6.07) is 21.8. The van der Waals surface area contributed by atoms with Gasteiger partial charge in [0.25, 0.3) is 24.7 Å². The molecule has 54 heavy (non-hydrogen) atoms. The van der Waals surface area contributed by atoms with E-state index in [1.165, 1.54) is 31.2 Å². The van der Waals surface area contributed by atoms with E-state index in [4.69, 9.17) is 11.6 Å². The molecular formula is C37H25ClF8N4O2S2. The Morgan fingerprint density at radius 2 is 1.09 bits per heavy atom. The average molecular weight is 809 g/mol. The van der Waals surface area contributed by atoms with E-state index in [0.29, 0.717) is 43.6 Å². The molecule has 2 heterocycles. The lowest BCUT2D eigenvalue weighted by molar-refractivity contribution is -0.137. The molecule has 6 rings (SSSR count). The molecule has 0 aliphatic rings. The highest BCUT2D eigenvalue weighted by molar-refractivity contribution is 7.14. The van der Waals surface area contributed by atoms with Gasteiger partial charge in [-0.25, -0.2) is 31.9 Å². The number of anilines is 2. The van der Waals surface area contributed by atoms with Gasteiger partial charge in [0.15, 0.2) is 0 Å². The highest BCUT2D eigenvalue weighted by Crippen LogP contribution is 2.35. The van der Waals surface area contributed by atoms with Gasteiger partial charge < -0.3 is 10.6 Å². The Morgan fingerprint density at radius 1 is 0.667 bits per heavy atom. The summed E-state index contributed by atoms with van der Waals surface area (Å²) in [6.45, 7) is 3.07. The fraction of sp³-hybridized carbons (Fsp3) is 0.135. The minimum absolute atomic E-state index is 0.0167. The molecule has 2 aromatic heterocycles. The highest BCUT2D eigenvalue weighted by Gasteiger charge is 2.30. The molecule has 6 nitrogen and oxygen atoms in total. The van der Waals surface area contributed by atoms with Crippen LogP contribution in [0, 0.1) is 19.7 Å². The minimum atomic E-state index is -4.46. The van der Waals surface area contributed by atoms with Gasteiger partial charge in [-0.2, -0.15) is 13.2 Å². The molecule has 2 amide bonds. The van der Waals surface area contributed by atoms with E-state index in [-0.39, 0.29) is 14.8 Å². The number of hydrogen-bond acceptors (Lipinski definition) is 6. The Morgan fingerprint density at radius 3 is 1.52 bits per heavy atom. The second-order valence-electron chi connectivity index (χ2n) is 11.2. The van der Waals surface area contributed by atoms with Crippen LogP contribution in [0.5, 0.6) is 0 Å². The molecule has 0 unspecified atom stereocenters. The summed E-state index contributed by atoms with van der Waals surface area (Å²) >= 11 is 7.44. The zero-order chi connectivity index (χ0) is 39.3. The van der Waals surface area contributed by atoms with Crippen molar-refractivity contribution in [1.82, 2.24) is 9.97 Å². The number of hydrogen-bond donors (Lipinski definition) is 2. The summed E-state index contributed by atoms with van der Waals surface area (Å²) in [5.74, 6) is -2.03. The van der Waals surface area contributed by atoms with Gasteiger partial charge in [-0.3, -0.25) is 9.59 Å². The molecule has 0 fully saturated rings. The van der Waals surface area contributed by atoms with E-state index >= 15 is 0 Å². The second kappa shape index (κ2) is 16.9.